The molecule has 0 spiro atoms. The van der Waals surface area contributed by atoms with Crippen molar-refractivity contribution in [1.82, 2.24) is 9.97 Å². The summed E-state index contributed by atoms with van der Waals surface area (Å²) in [5.41, 5.74) is 25.2. The minimum atomic E-state index is -0.367. The number of nitrogens with zero attached hydrogens (tertiary/aromatic N) is 7. The zero-order valence-corrected chi connectivity index (χ0v) is 45.7. The molecule has 0 saturated carbocycles. The molecule has 18 rings (SSSR count). The minimum absolute atomic E-state index is 0.359. The Labute approximate surface area is 491 Å². The van der Waals surface area contributed by atoms with E-state index < -0.39 is 0 Å². The lowest BCUT2D eigenvalue weighted by atomic mass is 9.32. The Morgan fingerprint density at radius 2 is 0.729 bits per heavy atom. The normalized spacial score (nSPS) is 13.3. The lowest BCUT2D eigenvalue weighted by Gasteiger charge is -2.46. The summed E-state index contributed by atoms with van der Waals surface area (Å²) in [7, 11) is 0. The summed E-state index contributed by atoms with van der Waals surface area (Å²) in [5.74, 6) is 0. The molecule has 11 heteroatoms. The van der Waals surface area contributed by atoms with Crippen molar-refractivity contribution >= 4 is 154 Å². The maximum atomic E-state index is 7.48. The highest BCUT2D eigenvalue weighted by Gasteiger charge is 2.52. The zero-order chi connectivity index (χ0) is 55.7. The van der Waals surface area contributed by atoms with E-state index in [0.29, 0.717) is 0 Å². The molecule has 7 heterocycles. The van der Waals surface area contributed by atoms with Crippen molar-refractivity contribution in [3.05, 3.63) is 286 Å². The van der Waals surface area contributed by atoms with Gasteiger partial charge in [-0.15, -0.1) is 0 Å². The molecule has 11 aromatic carbocycles. The van der Waals surface area contributed by atoms with E-state index in [4.69, 9.17) is 13.8 Å². The van der Waals surface area contributed by atoms with Gasteiger partial charge in [-0.3, -0.25) is 9.97 Å². The number of para-hydroxylation sites is 8. The van der Waals surface area contributed by atoms with Crippen LogP contribution in [-0.4, -0.2) is 23.4 Å². The Balaban J connectivity index is 0.993. The second kappa shape index (κ2) is 18.6. The van der Waals surface area contributed by atoms with Gasteiger partial charge in [0.15, 0.2) is 0 Å². The standard InChI is InChI=1S/C74H47B2N7O2/c1-7-23-49(24-8-1)79(50-25-9-2-10-26-50)55-43-65-70-66(44-55)83(54-33-17-6-18-34-54)72-57-36-20-22-38-68(57)85-74(72)76(70)59-45-58-61(46-62(59)81(65)52-29-13-4-14-30-52)80(51-27-11-3-12-28-51)63-41-48(60-47-77-39-40-78-60)42-64-69(63)75(58)73-71(56-35-19-21-37-67(56)84-73)82(64)53-31-15-5-16-32-53/h1-47H. The fourth-order valence-corrected chi connectivity index (χ4v) is 14.1. The maximum absolute atomic E-state index is 7.48. The van der Waals surface area contributed by atoms with E-state index in [1.165, 1.54) is 0 Å². The first-order valence-corrected chi connectivity index (χ1v) is 28.9. The van der Waals surface area contributed by atoms with Crippen molar-refractivity contribution < 1.29 is 8.83 Å². The number of furan rings is 2. The van der Waals surface area contributed by atoms with Crippen molar-refractivity contribution in [3.63, 3.8) is 0 Å². The van der Waals surface area contributed by atoms with Crippen LogP contribution in [0.2, 0.25) is 0 Å². The molecule has 4 aliphatic heterocycles. The summed E-state index contributed by atoms with van der Waals surface area (Å²) in [6.45, 7) is -0.727. The van der Waals surface area contributed by atoms with E-state index >= 15 is 0 Å². The third-order valence-corrected chi connectivity index (χ3v) is 17.4. The van der Waals surface area contributed by atoms with Gasteiger partial charge < -0.3 is 33.3 Å². The van der Waals surface area contributed by atoms with Gasteiger partial charge in [0.25, 0.3) is 13.4 Å². The molecule has 0 fully saturated rings. The van der Waals surface area contributed by atoms with Crippen LogP contribution in [0.4, 0.5) is 85.3 Å². The number of anilines is 15. The molecule has 4 aliphatic rings. The van der Waals surface area contributed by atoms with Crippen LogP contribution < -0.4 is 57.7 Å². The highest BCUT2D eigenvalue weighted by molar-refractivity contribution is 7.02. The van der Waals surface area contributed by atoms with E-state index in [1.54, 1.807) is 12.4 Å². The van der Waals surface area contributed by atoms with Crippen molar-refractivity contribution in [1.29, 1.82) is 0 Å². The predicted molar refractivity (Wildman–Crippen MR) is 350 cm³/mol. The van der Waals surface area contributed by atoms with Crippen molar-refractivity contribution in [2.45, 2.75) is 0 Å². The number of rotatable bonds is 8. The summed E-state index contributed by atoms with van der Waals surface area (Å²) in [6.07, 6.45) is 5.38. The number of aromatic nitrogens is 2. The fraction of sp³-hybridized carbons (Fsp3) is 0. The second-order valence-corrected chi connectivity index (χ2v) is 22.1. The van der Waals surface area contributed by atoms with Crippen LogP contribution in [0.3, 0.4) is 0 Å². The summed E-state index contributed by atoms with van der Waals surface area (Å²) in [5, 5.41) is 2.08. The maximum Gasteiger partial charge on any atom is 0.297 e. The van der Waals surface area contributed by atoms with Gasteiger partial charge in [0.2, 0.25) is 0 Å². The molecule has 396 valence electrons. The Bertz CT molecular complexity index is 4900. The molecule has 0 radical (unpaired) electrons. The molecular formula is C74H47B2N7O2. The van der Waals surface area contributed by atoms with E-state index in [2.05, 4.69) is 296 Å². The molecule has 85 heavy (non-hydrogen) atoms. The summed E-state index contributed by atoms with van der Waals surface area (Å²) >= 11 is 0. The Hall–Kier alpha value is -11.3. The molecule has 0 saturated heterocycles. The first-order chi connectivity index (χ1) is 42.2. The van der Waals surface area contributed by atoms with Crippen LogP contribution in [0.1, 0.15) is 0 Å². The van der Waals surface area contributed by atoms with E-state index in [9.17, 15) is 0 Å². The molecule has 9 nitrogen and oxygen atoms in total. The molecule has 0 atom stereocenters. The summed E-state index contributed by atoms with van der Waals surface area (Å²) in [4.78, 5) is 21.8. The zero-order valence-electron chi connectivity index (χ0n) is 45.7. The smallest absolute Gasteiger partial charge is 0.297 e. The molecular weight excluding hydrogens is 1040 g/mol. The minimum Gasteiger partial charge on any atom is -0.468 e. The van der Waals surface area contributed by atoms with Gasteiger partial charge in [0.1, 0.15) is 11.2 Å². The summed E-state index contributed by atoms with van der Waals surface area (Å²) in [6, 6.07) is 96.1. The predicted octanol–water partition coefficient (Wildman–Crippen LogP) is 15.3. The molecule has 0 unspecified atom stereocenters. The van der Waals surface area contributed by atoms with Crippen molar-refractivity contribution in [2.75, 3.05) is 24.5 Å². The topological polar surface area (TPSA) is 68.3 Å². The van der Waals surface area contributed by atoms with Gasteiger partial charge in [0, 0.05) is 97.0 Å². The highest BCUT2D eigenvalue weighted by Crippen LogP contribution is 2.53. The lowest BCUT2D eigenvalue weighted by Crippen LogP contribution is -2.65. The Kier molecular flexibility index (Phi) is 10.4. The van der Waals surface area contributed by atoms with Crippen LogP contribution in [-0.2, 0) is 0 Å². The number of hydrogen-bond donors (Lipinski definition) is 0. The first-order valence-electron chi connectivity index (χ1n) is 28.9. The van der Waals surface area contributed by atoms with Gasteiger partial charge in [0.05, 0.1) is 40.3 Å². The van der Waals surface area contributed by atoms with Gasteiger partial charge in [-0.2, -0.15) is 0 Å². The third kappa shape index (κ3) is 7.07. The Morgan fingerprint density at radius 3 is 1.18 bits per heavy atom. The van der Waals surface area contributed by atoms with Crippen LogP contribution in [0, 0.1) is 0 Å². The van der Waals surface area contributed by atoms with Gasteiger partial charge in [-0.1, -0.05) is 140 Å². The molecule has 3 aromatic heterocycles. The van der Waals surface area contributed by atoms with Crippen LogP contribution in [0.5, 0.6) is 0 Å². The van der Waals surface area contributed by atoms with Gasteiger partial charge >= 0.3 is 0 Å². The average Bonchev–Trinajstić information content (AvgIpc) is 1.76. The second-order valence-electron chi connectivity index (χ2n) is 22.1. The molecule has 0 amide bonds. The number of hydrogen-bond acceptors (Lipinski definition) is 9. The fourth-order valence-electron chi connectivity index (χ4n) is 14.1. The molecule has 0 N–H and O–H groups in total. The van der Waals surface area contributed by atoms with E-state index in [-0.39, 0.29) is 13.4 Å². The summed E-state index contributed by atoms with van der Waals surface area (Å²) < 4.78 is 14.9. The van der Waals surface area contributed by atoms with Crippen LogP contribution in [0.15, 0.2) is 294 Å². The van der Waals surface area contributed by atoms with E-state index in [1.807, 2.05) is 6.20 Å². The number of benzene rings is 11. The average molecular weight is 1090 g/mol. The molecule has 0 aliphatic carbocycles. The van der Waals surface area contributed by atoms with Crippen LogP contribution >= 0.6 is 0 Å². The largest absolute Gasteiger partial charge is 0.468 e. The van der Waals surface area contributed by atoms with Gasteiger partial charge in [-0.25, -0.2) is 0 Å². The SMILES string of the molecule is c1ccc(N(c2ccccc2)c2cc3c4c(c2)N(c2ccccc2)c2c(oc5ccccc25)B4c2cc4c(cc2N3c2ccccc2)N(c2ccccc2)c2cc(-c3cnccn3)cc3c2B4c2oc4ccccc4c2N3c2ccccc2)cc1. The third-order valence-electron chi connectivity index (χ3n) is 17.4. The molecule has 14 aromatic rings. The Morgan fingerprint density at radius 1 is 0.341 bits per heavy atom. The lowest BCUT2D eigenvalue weighted by molar-refractivity contribution is 0.651. The number of fused-ring (bicyclic) bond motifs is 12. The quantitative estimate of drug-likeness (QED) is 0.138. The van der Waals surface area contributed by atoms with E-state index in [0.717, 1.165) is 152 Å². The van der Waals surface area contributed by atoms with Gasteiger partial charge in [-0.05, 0) is 149 Å². The van der Waals surface area contributed by atoms with Crippen molar-refractivity contribution in [2.24, 2.45) is 0 Å². The highest BCUT2D eigenvalue weighted by atomic mass is 16.3. The van der Waals surface area contributed by atoms with Crippen LogP contribution in [0.25, 0.3) is 33.2 Å². The first kappa shape index (κ1) is 47.4. The van der Waals surface area contributed by atoms with Crippen molar-refractivity contribution in [3.8, 4) is 11.3 Å². The monoisotopic (exact) mass is 1090 g/mol. The molecule has 0 bridgehead atoms.